The maximum absolute atomic E-state index is 13.7. The van der Waals surface area contributed by atoms with E-state index in [0.29, 0.717) is 0 Å². The Morgan fingerprint density at radius 2 is 1.65 bits per heavy atom. The van der Waals surface area contributed by atoms with Crippen molar-refractivity contribution in [3.05, 3.63) is 70.0 Å². The topological polar surface area (TPSA) is 20.2 Å². The van der Waals surface area contributed by atoms with Crippen LogP contribution in [0, 0.1) is 17.5 Å². The van der Waals surface area contributed by atoms with Gasteiger partial charge in [0.2, 0.25) is 0 Å². The van der Waals surface area contributed by atoms with Crippen molar-refractivity contribution in [1.82, 2.24) is 0 Å². The summed E-state index contributed by atoms with van der Waals surface area (Å²) in [6.07, 6.45) is -0.265. The second kappa shape index (κ2) is 5.46. The van der Waals surface area contributed by atoms with E-state index in [1.54, 1.807) is 0 Å². The molecule has 0 bridgehead atoms. The lowest BCUT2D eigenvalue weighted by atomic mass is 9.88. The Bertz CT molecular complexity index is 621. The second-order valence-corrected chi connectivity index (χ2v) is 5.16. The highest BCUT2D eigenvalue weighted by molar-refractivity contribution is 6.31. The molecule has 1 nitrogen and oxygen atoms in total. The molecule has 1 unspecified atom stereocenters. The molecule has 1 N–H and O–H groups in total. The van der Waals surface area contributed by atoms with Gasteiger partial charge in [-0.05, 0) is 25.1 Å². The van der Waals surface area contributed by atoms with Gasteiger partial charge in [-0.1, -0.05) is 29.8 Å². The minimum atomic E-state index is -1.78. The van der Waals surface area contributed by atoms with Crippen molar-refractivity contribution < 1.29 is 18.3 Å². The number of hydrogen-bond donors (Lipinski definition) is 1. The van der Waals surface area contributed by atoms with E-state index in [2.05, 4.69) is 0 Å². The van der Waals surface area contributed by atoms with Crippen molar-refractivity contribution in [2.24, 2.45) is 0 Å². The molecule has 0 fully saturated rings. The third-order valence-electron chi connectivity index (χ3n) is 3.11. The minimum Gasteiger partial charge on any atom is -0.385 e. The van der Waals surface area contributed by atoms with Gasteiger partial charge in [-0.25, -0.2) is 13.2 Å². The van der Waals surface area contributed by atoms with Crippen LogP contribution >= 0.6 is 11.6 Å². The quantitative estimate of drug-likeness (QED) is 0.900. The summed E-state index contributed by atoms with van der Waals surface area (Å²) in [5, 5.41) is 10.5. The third kappa shape index (κ3) is 2.81. The highest BCUT2D eigenvalue weighted by Gasteiger charge is 2.30. The SMILES string of the molecule is CC(O)(Cc1c(F)cccc1Cl)c1cccc(F)c1F. The number of halogens is 4. The largest absolute Gasteiger partial charge is 0.385 e. The van der Waals surface area contributed by atoms with Gasteiger partial charge in [-0.3, -0.25) is 0 Å². The van der Waals surface area contributed by atoms with E-state index in [0.717, 1.165) is 6.07 Å². The van der Waals surface area contributed by atoms with Crippen LogP contribution in [-0.4, -0.2) is 5.11 Å². The zero-order valence-corrected chi connectivity index (χ0v) is 11.4. The van der Waals surface area contributed by atoms with E-state index >= 15 is 0 Å². The first-order valence-electron chi connectivity index (χ1n) is 5.92. The molecule has 0 aliphatic carbocycles. The molecule has 20 heavy (non-hydrogen) atoms. The summed E-state index contributed by atoms with van der Waals surface area (Å²) in [5.74, 6) is -2.82. The molecule has 0 radical (unpaired) electrons. The van der Waals surface area contributed by atoms with E-state index in [-0.39, 0.29) is 22.6 Å². The molecule has 2 aromatic rings. The number of hydrogen-bond acceptors (Lipinski definition) is 1. The third-order valence-corrected chi connectivity index (χ3v) is 3.47. The molecule has 0 saturated carbocycles. The summed E-state index contributed by atoms with van der Waals surface area (Å²) in [6, 6.07) is 7.58. The van der Waals surface area contributed by atoms with Crippen LogP contribution in [0.25, 0.3) is 0 Å². The predicted molar refractivity (Wildman–Crippen MR) is 71.0 cm³/mol. The van der Waals surface area contributed by atoms with E-state index in [4.69, 9.17) is 11.6 Å². The van der Waals surface area contributed by atoms with Crippen LogP contribution < -0.4 is 0 Å². The molecule has 1 atom stereocenters. The Morgan fingerprint density at radius 3 is 2.30 bits per heavy atom. The normalized spacial score (nSPS) is 14.1. The molecule has 0 spiro atoms. The highest BCUT2D eigenvalue weighted by atomic mass is 35.5. The molecular weight excluding hydrogens is 289 g/mol. The minimum absolute atomic E-state index is 0.0582. The van der Waals surface area contributed by atoms with Gasteiger partial charge in [0.1, 0.15) is 5.82 Å². The van der Waals surface area contributed by atoms with E-state index in [1.807, 2.05) is 0 Å². The average molecular weight is 301 g/mol. The molecule has 106 valence electrons. The average Bonchev–Trinajstić information content (AvgIpc) is 2.37. The Hall–Kier alpha value is -1.52. The summed E-state index contributed by atoms with van der Waals surface area (Å²) in [7, 11) is 0. The molecule has 0 saturated heterocycles. The van der Waals surface area contributed by atoms with Crippen molar-refractivity contribution in [2.75, 3.05) is 0 Å². The van der Waals surface area contributed by atoms with Gasteiger partial charge in [-0.2, -0.15) is 0 Å². The zero-order valence-electron chi connectivity index (χ0n) is 10.6. The fraction of sp³-hybridized carbons (Fsp3) is 0.200. The van der Waals surface area contributed by atoms with Crippen molar-refractivity contribution in [2.45, 2.75) is 18.9 Å². The van der Waals surface area contributed by atoms with Crippen molar-refractivity contribution in [1.29, 1.82) is 0 Å². The predicted octanol–water partition coefficient (Wildman–Crippen LogP) is 4.21. The van der Waals surface area contributed by atoms with Gasteiger partial charge in [-0.15, -0.1) is 0 Å². The molecule has 0 heterocycles. The van der Waals surface area contributed by atoms with Crippen LogP contribution in [0.1, 0.15) is 18.1 Å². The highest BCUT2D eigenvalue weighted by Crippen LogP contribution is 2.32. The summed E-state index contributed by atoms with van der Waals surface area (Å²) in [4.78, 5) is 0. The lowest BCUT2D eigenvalue weighted by Crippen LogP contribution is -2.27. The van der Waals surface area contributed by atoms with Crippen LogP contribution in [-0.2, 0) is 12.0 Å². The lowest BCUT2D eigenvalue weighted by Gasteiger charge is -2.25. The van der Waals surface area contributed by atoms with E-state index < -0.39 is 23.1 Å². The van der Waals surface area contributed by atoms with Gasteiger partial charge in [0.25, 0.3) is 0 Å². The van der Waals surface area contributed by atoms with E-state index in [9.17, 15) is 18.3 Å². The number of benzene rings is 2. The summed E-state index contributed by atoms with van der Waals surface area (Å²) < 4.78 is 40.7. The summed E-state index contributed by atoms with van der Waals surface area (Å²) >= 11 is 5.88. The standard InChI is InChI=1S/C15H12ClF3O/c1-15(20,10-4-2-7-13(18)14(10)19)8-9-11(16)5-3-6-12(9)17/h2-7,20H,8H2,1H3. The number of rotatable bonds is 3. The molecule has 2 rings (SSSR count). The zero-order chi connectivity index (χ0) is 14.9. The maximum Gasteiger partial charge on any atom is 0.164 e. The van der Waals surface area contributed by atoms with Crippen molar-refractivity contribution in [3.8, 4) is 0 Å². The van der Waals surface area contributed by atoms with Gasteiger partial charge < -0.3 is 5.11 Å². The van der Waals surface area contributed by atoms with Crippen LogP contribution in [0.2, 0.25) is 5.02 Å². The van der Waals surface area contributed by atoms with Crippen molar-refractivity contribution in [3.63, 3.8) is 0 Å². The summed E-state index contributed by atoms with van der Waals surface area (Å²) in [6.45, 7) is 1.29. The monoisotopic (exact) mass is 300 g/mol. The Labute approximate surface area is 119 Å². The summed E-state index contributed by atoms with van der Waals surface area (Å²) in [5.41, 5.74) is -1.96. The Kier molecular flexibility index (Phi) is 4.06. The lowest BCUT2D eigenvalue weighted by molar-refractivity contribution is 0.0521. The van der Waals surface area contributed by atoms with Crippen molar-refractivity contribution >= 4 is 11.6 Å². The Balaban J connectivity index is 2.43. The first kappa shape index (κ1) is 14.9. The van der Waals surface area contributed by atoms with E-state index in [1.165, 1.54) is 37.3 Å². The molecule has 0 aromatic heterocycles. The van der Waals surface area contributed by atoms with Crippen LogP contribution in [0.4, 0.5) is 13.2 Å². The van der Waals surface area contributed by atoms with Gasteiger partial charge in [0.15, 0.2) is 11.6 Å². The van der Waals surface area contributed by atoms with Gasteiger partial charge in [0.05, 0.1) is 5.60 Å². The first-order valence-corrected chi connectivity index (χ1v) is 6.30. The van der Waals surface area contributed by atoms with Gasteiger partial charge in [0, 0.05) is 22.6 Å². The molecular formula is C15H12ClF3O. The van der Waals surface area contributed by atoms with Gasteiger partial charge >= 0.3 is 0 Å². The smallest absolute Gasteiger partial charge is 0.164 e. The van der Waals surface area contributed by atoms with Crippen LogP contribution in [0.3, 0.4) is 0 Å². The molecule has 5 heteroatoms. The maximum atomic E-state index is 13.7. The van der Waals surface area contributed by atoms with Crippen LogP contribution in [0.15, 0.2) is 36.4 Å². The molecule has 0 aliphatic rings. The molecule has 0 amide bonds. The molecule has 0 aliphatic heterocycles. The second-order valence-electron chi connectivity index (χ2n) is 4.75. The Morgan fingerprint density at radius 1 is 1.05 bits per heavy atom. The fourth-order valence-electron chi connectivity index (χ4n) is 2.06. The number of aliphatic hydroxyl groups is 1. The van der Waals surface area contributed by atoms with Crippen LogP contribution in [0.5, 0.6) is 0 Å². The first-order chi connectivity index (χ1) is 9.33. The fourth-order valence-corrected chi connectivity index (χ4v) is 2.29. The molecule has 2 aromatic carbocycles.